The fraction of sp³-hybridized carbons (Fsp3) is 0.344. The van der Waals surface area contributed by atoms with Crippen molar-refractivity contribution in [2.24, 2.45) is 5.92 Å². The van der Waals surface area contributed by atoms with Crippen molar-refractivity contribution in [1.29, 1.82) is 0 Å². The Morgan fingerprint density at radius 3 is 2.74 bits per heavy atom. The van der Waals surface area contributed by atoms with Crippen molar-refractivity contribution in [2.75, 3.05) is 20.1 Å². The highest BCUT2D eigenvalue weighted by atomic mass is 16.5. The predicted octanol–water partition coefficient (Wildman–Crippen LogP) is 5.77. The average Bonchev–Trinajstić information content (AvgIpc) is 3.72. The molecule has 4 aromatic rings. The number of hydrogen-bond donors (Lipinski definition) is 2. The molecule has 0 bridgehead atoms. The molecule has 7 nitrogen and oxygen atoms in total. The van der Waals surface area contributed by atoms with E-state index in [0.29, 0.717) is 11.5 Å². The summed E-state index contributed by atoms with van der Waals surface area (Å²) >= 11 is 0. The second-order valence-electron chi connectivity index (χ2n) is 11.4. The Balaban J connectivity index is 1.18. The molecule has 0 radical (unpaired) electrons. The number of aromatic nitrogens is 3. The Bertz CT molecular complexity index is 1580. The number of rotatable bonds is 5. The van der Waals surface area contributed by atoms with Crippen molar-refractivity contribution in [3.05, 3.63) is 83.7 Å². The molecule has 198 valence electrons. The van der Waals surface area contributed by atoms with Crippen LogP contribution in [0.15, 0.2) is 66.9 Å². The lowest BCUT2D eigenvalue weighted by Gasteiger charge is -2.42. The van der Waals surface area contributed by atoms with E-state index in [1.165, 1.54) is 5.57 Å². The molecule has 3 aliphatic rings. The molecule has 7 rings (SSSR count). The van der Waals surface area contributed by atoms with E-state index in [1.54, 1.807) is 6.20 Å². The van der Waals surface area contributed by atoms with E-state index in [2.05, 4.69) is 63.6 Å². The molecule has 1 saturated carbocycles. The van der Waals surface area contributed by atoms with Gasteiger partial charge in [-0.1, -0.05) is 6.07 Å². The van der Waals surface area contributed by atoms with Gasteiger partial charge in [0, 0.05) is 54.2 Å². The van der Waals surface area contributed by atoms with Crippen molar-refractivity contribution in [3.8, 4) is 17.0 Å². The third kappa shape index (κ3) is 4.51. The molecule has 2 fully saturated rings. The van der Waals surface area contributed by atoms with Gasteiger partial charge in [-0.15, -0.1) is 0 Å². The zero-order chi connectivity index (χ0) is 26.6. The third-order valence-electron chi connectivity index (χ3n) is 8.52. The molecular formula is C32H33N5O2. The van der Waals surface area contributed by atoms with Gasteiger partial charge in [-0.3, -0.25) is 14.9 Å². The molecule has 1 aliphatic carbocycles. The standard InChI is InChI=1S/C32H33N5O2/c1-20-19-32(12-15-37(2)16-13-32)39-28-11-9-22(17-24(20)28)29-25-18-23(8-10-26(25)35-36-29)31(38)34-30(21-6-7-21)27-5-3-4-14-33-27/h3-5,8-11,14,17-19,21,30H,6-7,12-13,15-16H2,1-2H3,(H,34,38)(H,35,36). The minimum atomic E-state index is -0.208. The first-order valence-corrected chi connectivity index (χ1v) is 13.9. The fourth-order valence-electron chi connectivity index (χ4n) is 6.06. The smallest absolute Gasteiger partial charge is 0.251 e. The van der Waals surface area contributed by atoms with Gasteiger partial charge in [-0.05, 0) is 92.9 Å². The van der Waals surface area contributed by atoms with Crippen molar-refractivity contribution < 1.29 is 9.53 Å². The number of H-pyrrole nitrogens is 1. The molecule has 2 aromatic carbocycles. The number of pyridine rings is 1. The van der Waals surface area contributed by atoms with Crippen LogP contribution in [0.3, 0.4) is 0 Å². The van der Waals surface area contributed by atoms with Crippen molar-refractivity contribution >= 4 is 22.4 Å². The van der Waals surface area contributed by atoms with Gasteiger partial charge in [-0.25, -0.2) is 0 Å². The molecular weight excluding hydrogens is 486 g/mol. The van der Waals surface area contributed by atoms with Gasteiger partial charge in [0.15, 0.2) is 0 Å². The van der Waals surface area contributed by atoms with E-state index < -0.39 is 0 Å². The Kier molecular flexibility index (Phi) is 5.77. The lowest BCUT2D eigenvalue weighted by molar-refractivity contribution is 0.0467. The van der Waals surface area contributed by atoms with Crippen LogP contribution in [-0.4, -0.2) is 51.7 Å². The van der Waals surface area contributed by atoms with Gasteiger partial charge < -0.3 is 15.0 Å². The monoisotopic (exact) mass is 519 g/mol. The summed E-state index contributed by atoms with van der Waals surface area (Å²) in [5.74, 6) is 1.29. The van der Waals surface area contributed by atoms with Crippen molar-refractivity contribution in [1.82, 2.24) is 25.4 Å². The number of nitrogens with zero attached hydrogens (tertiary/aromatic N) is 3. The Morgan fingerprint density at radius 1 is 1.13 bits per heavy atom. The first-order chi connectivity index (χ1) is 19.0. The molecule has 2 N–H and O–H groups in total. The van der Waals surface area contributed by atoms with Crippen LogP contribution in [-0.2, 0) is 0 Å². The van der Waals surface area contributed by atoms with Crippen LogP contribution < -0.4 is 10.1 Å². The maximum Gasteiger partial charge on any atom is 0.251 e. The second kappa shape index (κ2) is 9.35. The van der Waals surface area contributed by atoms with Crippen LogP contribution in [0.2, 0.25) is 0 Å². The molecule has 1 amide bonds. The van der Waals surface area contributed by atoms with Crippen LogP contribution in [0.5, 0.6) is 5.75 Å². The zero-order valence-corrected chi connectivity index (χ0v) is 22.4. The number of amides is 1. The number of piperidine rings is 1. The van der Waals surface area contributed by atoms with Crippen LogP contribution in [0.1, 0.15) is 60.3 Å². The SMILES string of the molecule is CC1=CC2(CCN(C)CC2)Oc2ccc(-c3n[nH]c4ccc(C(=O)NC(c5ccccn5)C5CC5)cc34)cc21. The lowest BCUT2D eigenvalue weighted by Crippen LogP contribution is -2.46. The summed E-state index contributed by atoms with van der Waals surface area (Å²) in [7, 11) is 2.17. The van der Waals surface area contributed by atoms with Crippen LogP contribution in [0.4, 0.5) is 0 Å². The van der Waals surface area contributed by atoms with Gasteiger partial charge in [0.2, 0.25) is 0 Å². The van der Waals surface area contributed by atoms with Crippen LogP contribution in [0, 0.1) is 5.92 Å². The molecule has 1 unspecified atom stereocenters. The lowest BCUT2D eigenvalue weighted by atomic mass is 9.85. The third-order valence-corrected chi connectivity index (χ3v) is 8.52. The van der Waals surface area contributed by atoms with E-state index in [-0.39, 0.29) is 17.6 Å². The summed E-state index contributed by atoms with van der Waals surface area (Å²) in [6, 6.07) is 17.8. The largest absolute Gasteiger partial charge is 0.482 e. The van der Waals surface area contributed by atoms with E-state index in [4.69, 9.17) is 4.74 Å². The minimum Gasteiger partial charge on any atom is -0.482 e. The highest BCUT2D eigenvalue weighted by molar-refractivity contribution is 6.02. The molecule has 1 atom stereocenters. The fourth-order valence-corrected chi connectivity index (χ4v) is 6.06. The Labute approximate surface area is 228 Å². The number of aromatic amines is 1. The quantitative estimate of drug-likeness (QED) is 0.350. The van der Waals surface area contributed by atoms with Gasteiger partial charge in [-0.2, -0.15) is 5.10 Å². The number of carbonyl (C=O) groups is 1. The van der Waals surface area contributed by atoms with Crippen molar-refractivity contribution in [3.63, 3.8) is 0 Å². The van der Waals surface area contributed by atoms with Crippen LogP contribution >= 0.6 is 0 Å². The maximum absolute atomic E-state index is 13.4. The molecule has 39 heavy (non-hydrogen) atoms. The molecule has 1 saturated heterocycles. The summed E-state index contributed by atoms with van der Waals surface area (Å²) in [5.41, 5.74) is 6.40. The highest BCUT2D eigenvalue weighted by Gasteiger charge is 2.37. The summed E-state index contributed by atoms with van der Waals surface area (Å²) in [6.07, 6.45) is 8.32. The number of fused-ring (bicyclic) bond motifs is 2. The maximum atomic E-state index is 13.4. The van der Waals surface area contributed by atoms with E-state index in [0.717, 1.165) is 77.9 Å². The number of benzene rings is 2. The molecule has 7 heteroatoms. The topological polar surface area (TPSA) is 83.1 Å². The van der Waals surface area contributed by atoms with Crippen molar-refractivity contribution in [2.45, 2.75) is 44.2 Å². The van der Waals surface area contributed by atoms with E-state index >= 15 is 0 Å². The van der Waals surface area contributed by atoms with Gasteiger partial charge >= 0.3 is 0 Å². The number of allylic oxidation sites excluding steroid dienone is 1. The van der Waals surface area contributed by atoms with Gasteiger partial charge in [0.25, 0.3) is 5.91 Å². The zero-order valence-electron chi connectivity index (χ0n) is 22.4. The summed E-state index contributed by atoms with van der Waals surface area (Å²) in [5, 5.41) is 12.0. The predicted molar refractivity (Wildman–Crippen MR) is 152 cm³/mol. The van der Waals surface area contributed by atoms with E-state index in [9.17, 15) is 4.79 Å². The highest BCUT2D eigenvalue weighted by Crippen LogP contribution is 2.43. The summed E-state index contributed by atoms with van der Waals surface area (Å²) in [4.78, 5) is 20.2. The summed E-state index contributed by atoms with van der Waals surface area (Å²) < 4.78 is 6.60. The normalized spacial score (nSPS) is 19.3. The number of nitrogens with one attached hydrogen (secondary N) is 2. The molecule has 4 heterocycles. The molecule has 1 spiro atoms. The number of likely N-dealkylation sites (tertiary alicyclic amines) is 1. The van der Waals surface area contributed by atoms with Crippen LogP contribution in [0.25, 0.3) is 27.7 Å². The number of hydrogen-bond acceptors (Lipinski definition) is 5. The molecule has 2 aromatic heterocycles. The summed E-state index contributed by atoms with van der Waals surface area (Å²) in [6.45, 7) is 4.25. The minimum absolute atomic E-state index is 0.0681. The first-order valence-electron chi connectivity index (χ1n) is 13.9. The number of ether oxygens (including phenoxy) is 1. The van der Waals surface area contributed by atoms with Gasteiger partial charge in [0.1, 0.15) is 11.4 Å². The molecule has 2 aliphatic heterocycles. The van der Waals surface area contributed by atoms with Gasteiger partial charge in [0.05, 0.1) is 22.9 Å². The Hall–Kier alpha value is -3.97. The second-order valence-corrected chi connectivity index (χ2v) is 11.4. The first kappa shape index (κ1) is 24.1. The van der Waals surface area contributed by atoms with E-state index in [1.807, 2.05) is 36.4 Å². The Morgan fingerprint density at radius 2 is 1.97 bits per heavy atom. The number of carbonyl (C=O) groups excluding carboxylic acids is 1. The average molecular weight is 520 g/mol.